The van der Waals surface area contributed by atoms with Gasteiger partial charge < -0.3 is 16.0 Å². The van der Waals surface area contributed by atoms with Crippen molar-refractivity contribution in [1.29, 1.82) is 0 Å². The van der Waals surface area contributed by atoms with Gasteiger partial charge in [-0.25, -0.2) is 4.39 Å². The van der Waals surface area contributed by atoms with E-state index in [4.69, 9.17) is 17.3 Å². The second kappa shape index (κ2) is 5.43. The molecule has 1 saturated heterocycles. The van der Waals surface area contributed by atoms with Crippen LogP contribution in [-0.4, -0.2) is 37.1 Å². The Balaban J connectivity index is 2.18. The van der Waals surface area contributed by atoms with Crippen LogP contribution in [0.15, 0.2) is 18.2 Å². The van der Waals surface area contributed by atoms with Crippen LogP contribution in [-0.2, 0) is 0 Å². The minimum Gasteiger partial charge on any atom is -0.377 e. The van der Waals surface area contributed by atoms with Crippen LogP contribution in [0.3, 0.4) is 0 Å². The molecule has 0 saturated carbocycles. The van der Waals surface area contributed by atoms with Gasteiger partial charge in [0.15, 0.2) is 0 Å². The lowest BCUT2D eigenvalue weighted by Crippen LogP contribution is -2.56. The van der Waals surface area contributed by atoms with Crippen LogP contribution in [0.4, 0.5) is 10.1 Å². The molecule has 0 aromatic heterocycles. The van der Waals surface area contributed by atoms with E-state index < -0.39 is 0 Å². The Hall–Kier alpha value is -0.840. The van der Waals surface area contributed by atoms with Crippen molar-refractivity contribution in [3.05, 3.63) is 29.0 Å². The van der Waals surface area contributed by atoms with E-state index in [-0.39, 0.29) is 11.4 Å². The van der Waals surface area contributed by atoms with Crippen molar-refractivity contribution in [2.24, 2.45) is 5.73 Å². The summed E-state index contributed by atoms with van der Waals surface area (Å²) < 4.78 is 13.3. The number of hydrogen-bond acceptors (Lipinski definition) is 3. The maximum Gasteiger partial charge on any atom is 0.126 e. The predicted molar refractivity (Wildman–Crippen MR) is 73.5 cm³/mol. The fraction of sp³-hybridized carbons (Fsp3) is 0.538. The Bertz CT molecular complexity index is 406. The molecular formula is C13H19ClFN3. The summed E-state index contributed by atoms with van der Waals surface area (Å²) in [6.45, 7) is 2.45. The summed E-state index contributed by atoms with van der Waals surface area (Å²) in [7, 11) is 2.07. The number of likely N-dealkylation sites (tertiary alicyclic amines) is 1. The van der Waals surface area contributed by atoms with Gasteiger partial charge in [-0.3, -0.25) is 0 Å². The van der Waals surface area contributed by atoms with Crippen LogP contribution in [0, 0.1) is 5.82 Å². The lowest BCUT2D eigenvalue weighted by Gasteiger charge is -2.42. The van der Waals surface area contributed by atoms with Crippen molar-refractivity contribution in [2.75, 3.05) is 32.0 Å². The van der Waals surface area contributed by atoms with Crippen molar-refractivity contribution >= 4 is 17.3 Å². The van der Waals surface area contributed by atoms with Crippen molar-refractivity contribution in [3.63, 3.8) is 0 Å². The van der Waals surface area contributed by atoms with Gasteiger partial charge >= 0.3 is 0 Å². The number of benzene rings is 1. The van der Waals surface area contributed by atoms with E-state index in [1.807, 2.05) is 0 Å². The number of nitrogens with zero attached hydrogens (tertiary/aromatic N) is 1. The summed E-state index contributed by atoms with van der Waals surface area (Å²) in [6, 6.07) is 4.49. The molecule has 3 N–H and O–H groups in total. The van der Waals surface area contributed by atoms with Gasteiger partial charge in [0.1, 0.15) is 5.82 Å². The minimum atomic E-state index is -0.332. The summed E-state index contributed by atoms with van der Waals surface area (Å²) in [5.41, 5.74) is 6.41. The number of halogens is 2. The Kier molecular flexibility index (Phi) is 4.10. The SMILES string of the molecule is CN1CCCC(CN)(Nc2cc(F)cc(Cl)c2)C1. The molecule has 0 bridgehead atoms. The molecule has 0 radical (unpaired) electrons. The van der Waals surface area contributed by atoms with E-state index in [0.29, 0.717) is 17.3 Å². The molecule has 0 spiro atoms. The van der Waals surface area contributed by atoms with E-state index in [1.165, 1.54) is 12.1 Å². The quantitative estimate of drug-likeness (QED) is 0.887. The Labute approximate surface area is 112 Å². The lowest BCUT2D eigenvalue weighted by atomic mass is 9.89. The molecule has 3 nitrogen and oxygen atoms in total. The van der Waals surface area contributed by atoms with Gasteiger partial charge in [0.25, 0.3) is 0 Å². The van der Waals surface area contributed by atoms with E-state index in [9.17, 15) is 4.39 Å². The molecule has 1 aromatic carbocycles. The zero-order valence-electron chi connectivity index (χ0n) is 10.5. The van der Waals surface area contributed by atoms with Crippen LogP contribution >= 0.6 is 11.6 Å². The fourth-order valence-corrected chi connectivity index (χ4v) is 2.84. The van der Waals surface area contributed by atoms with Crippen LogP contribution in [0.2, 0.25) is 5.02 Å². The topological polar surface area (TPSA) is 41.3 Å². The molecule has 2 rings (SSSR count). The van der Waals surface area contributed by atoms with Gasteiger partial charge in [-0.1, -0.05) is 11.6 Å². The van der Waals surface area contributed by atoms with Crippen molar-refractivity contribution in [2.45, 2.75) is 18.4 Å². The number of likely N-dealkylation sites (N-methyl/N-ethyl adjacent to an activating group) is 1. The van der Waals surface area contributed by atoms with E-state index in [2.05, 4.69) is 17.3 Å². The van der Waals surface area contributed by atoms with Gasteiger partial charge in [0.05, 0.1) is 5.54 Å². The number of piperidine rings is 1. The largest absolute Gasteiger partial charge is 0.377 e. The van der Waals surface area contributed by atoms with Crippen LogP contribution in [0.1, 0.15) is 12.8 Å². The van der Waals surface area contributed by atoms with Crippen LogP contribution in [0.5, 0.6) is 0 Å². The Morgan fingerprint density at radius 2 is 2.28 bits per heavy atom. The number of anilines is 1. The summed E-state index contributed by atoms with van der Waals surface area (Å²) in [5.74, 6) is -0.332. The molecule has 1 aliphatic rings. The zero-order valence-corrected chi connectivity index (χ0v) is 11.3. The highest BCUT2D eigenvalue weighted by Gasteiger charge is 2.32. The van der Waals surface area contributed by atoms with Gasteiger partial charge in [-0.05, 0) is 44.6 Å². The fourth-order valence-electron chi connectivity index (χ4n) is 2.61. The molecule has 5 heteroatoms. The third kappa shape index (κ3) is 3.13. The highest BCUT2D eigenvalue weighted by atomic mass is 35.5. The Morgan fingerprint density at radius 3 is 2.89 bits per heavy atom. The first kappa shape index (κ1) is 13.6. The molecule has 1 aliphatic heterocycles. The second-order valence-corrected chi connectivity index (χ2v) is 5.55. The van der Waals surface area contributed by atoms with Gasteiger partial charge in [0.2, 0.25) is 0 Å². The van der Waals surface area contributed by atoms with Crippen molar-refractivity contribution < 1.29 is 4.39 Å². The molecule has 18 heavy (non-hydrogen) atoms. The molecule has 100 valence electrons. The van der Waals surface area contributed by atoms with E-state index in [1.54, 1.807) is 6.07 Å². The maximum atomic E-state index is 13.3. The van der Waals surface area contributed by atoms with Crippen molar-refractivity contribution in [3.8, 4) is 0 Å². The molecule has 1 unspecified atom stereocenters. The summed E-state index contributed by atoms with van der Waals surface area (Å²) >= 11 is 5.86. The molecule has 1 heterocycles. The predicted octanol–water partition coefficient (Wildman–Crippen LogP) is 2.31. The third-order valence-corrected chi connectivity index (χ3v) is 3.65. The number of nitrogens with one attached hydrogen (secondary N) is 1. The molecule has 1 atom stereocenters. The van der Waals surface area contributed by atoms with Gasteiger partial charge in [0, 0.05) is 23.8 Å². The average Bonchev–Trinajstić information content (AvgIpc) is 2.27. The first-order valence-electron chi connectivity index (χ1n) is 6.16. The summed E-state index contributed by atoms with van der Waals surface area (Å²) in [6.07, 6.45) is 2.08. The number of rotatable bonds is 3. The average molecular weight is 272 g/mol. The first-order chi connectivity index (χ1) is 8.53. The lowest BCUT2D eigenvalue weighted by molar-refractivity contribution is 0.198. The monoisotopic (exact) mass is 271 g/mol. The first-order valence-corrected chi connectivity index (χ1v) is 6.54. The van der Waals surface area contributed by atoms with Crippen LogP contribution in [0.25, 0.3) is 0 Å². The van der Waals surface area contributed by atoms with Crippen LogP contribution < -0.4 is 11.1 Å². The van der Waals surface area contributed by atoms with E-state index in [0.717, 1.165) is 25.9 Å². The standard InChI is InChI=1S/C13H19ClFN3/c1-18-4-2-3-13(8-16,9-18)17-12-6-10(14)5-11(15)7-12/h5-7,17H,2-4,8-9,16H2,1H3. The number of hydrogen-bond donors (Lipinski definition) is 2. The summed E-state index contributed by atoms with van der Waals surface area (Å²) in [5, 5.41) is 3.76. The normalized spacial score (nSPS) is 25.1. The van der Waals surface area contributed by atoms with Gasteiger partial charge in [-0.2, -0.15) is 0 Å². The molecule has 1 fully saturated rings. The highest BCUT2D eigenvalue weighted by Crippen LogP contribution is 2.26. The van der Waals surface area contributed by atoms with Gasteiger partial charge in [-0.15, -0.1) is 0 Å². The zero-order chi connectivity index (χ0) is 13.2. The summed E-state index contributed by atoms with van der Waals surface area (Å²) in [4.78, 5) is 2.24. The number of nitrogens with two attached hydrogens (primary N) is 1. The van der Waals surface area contributed by atoms with E-state index >= 15 is 0 Å². The molecule has 1 aromatic rings. The second-order valence-electron chi connectivity index (χ2n) is 5.11. The highest BCUT2D eigenvalue weighted by molar-refractivity contribution is 6.30. The maximum absolute atomic E-state index is 13.3. The third-order valence-electron chi connectivity index (χ3n) is 3.43. The Morgan fingerprint density at radius 1 is 1.50 bits per heavy atom. The molecule has 0 aliphatic carbocycles. The molecular weight excluding hydrogens is 253 g/mol. The minimum absolute atomic E-state index is 0.190. The molecule has 0 amide bonds. The smallest absolute Gasteiger partial charge is 0.126 e. The van der Waals surface area contributed by atoms with Crippen molar-refractivity contribution in [1.82, 2.24) is 4.90 Å².